The van der Waals surface area contributed by atoms with Crippen LogP contribution in [0.15, 0.2) is 0 Å². The number of likely N-dealkylation sites (tertiary alicyclic amines) is 1. The van der Waals surface area contributed by atoms with Gasteiger partial charge in [-0.2, -0.15) is 0 Å². The molecular formula is C13H20N2O4. The fraction of sp³-hybridized carbons (Fsp3) is 0.769. The standard InChI is InChI=1S/C13H20N2O4/c1-12(2,3)19-11(18)14-8-10(17)15-6-4-5-13(15)7-9(13)16/h4-8H2,1-3H3,(H,14,18). The Hall–Kier alpha value is -1.59. The summed E-state index contributed by atoms with van der Waals surface area (Å²) in [4.78, 5) is 36.5. The van der Waals surface area contributed by atoms with Crippen LogP contribution in [-0.4, -0.2) is 46.9 Å². The van der Waals surface area contributed by atoms with Crippen LogP contribution in [0, 0.1) is 0 Å². The summed E-state index contributed by atoms with van der Waals surface area (Å²) in [5.41, 5.74) is -1.12. The minimum Gasteiger partial charge on any atom is -0.444 e. The second-order valence-electron chi connectivity index (χ2n) is 6.14. The molecule has 1 saturated heterocycles. The van der Waals surface area contributed by atoms with E-state index in [0.717, 1.165) is 12.8 Å². The molecule has 6 nitrogen and oxygen atoms in total. The second-order valence-corrected chi connectivity index (χ2v) is 6.14. The Labute approximate surface area is 112 Å². The molecule has 1 aliphatic heterocycles. The lowest BCUT2D eigenvalue weighted by Crippen LogP contribution is -2.45. The van der Waals surface area contributed by atoms with Gasteiger partial charge in [0.05, 0.1) is 0 Å². The molecule has 1 saturated carbocycles. The van der Waals surface area contributed by atoms with Crippen LogP contribution in [0.25, 0.3) is 0 Å². The maximum atomic E-state index is 12.0. The number of carbonyl (C=O) groups excluding carboxylic acids is 3. The van der Waals surface area contributed by atoms with Crippen LogP contribution in [-0.2, 0) is 14.3 Å². The summed E-state index contributed by atoms with van der Waals surface area (Å²) in [7, 11) is 0. The third kappa shape index (κ3) is 2.88. The number of ether oxygens (including phenoxy) is 1. The van der Waals surface area contributed by atoms with Crippen molar-refractivity contribution < 1.29 is 19.1 Å². The minimum absolute atomic E-state index is 0.121. The van der Waals surface area contributed by atoms with Gasteiger partial charge in [-0.15, -0.1) is 0 Å². The predicted molar refractivity (Wildman–Crippen MR) is 67.5 cm³/mol. The van der Waals surface area contributed by atoms with Crippen molar-refractivity contribution in [3.05, 3.63) is 0 Å². The molecule has 2 amide bonds. The molecule has 0 aromatic heterocycles. The first-order valence-electron chi connectivity index (χ1n) is 6.55. The van der Waals surface area contributed by atoms with Gasteiger partial charge < -0.3 is 15.0 Å². The molecule has 2 rings (SSSR count). The predicted octanol–water partition coefficient (Wildman–Crippen LogP) is 0.845. The Kier molecular flexibility index (Phi) is 3.28. The number of ketones is 1. The van der Waals surface area contributed by atoms with E-state index in [9.17, 15) is 14.4 Å². The first kappa shape index (κ1) is 13.8. The first-order valence-corrected chi connectivity index (χ1v) is 6.55. The topological polar surface area (TPSA) is 75.7 Å². The zero-order valence-corrected chi connectivity index (χ0v) is 11.6. The first-order chi connectivity index (χ1) is 8.74. The molecule has 1 aliphatic carbocycles. The Morgan fingerprint density at radius 3 is 2.58 bits per heavy atom. The summed E-state index contributed by atoms with van der Waals surface area (Å²) in [6.45, 7) is 5.75. The fourth-order valence-corrected chi connectivity index (χ4v) is 2.49. The molecule has 0 aromatic carbocycles. The van der Waals surface area contributed by atoms with Gasteiger partial charge in [0.25, 0.3) is 0 Å². The number of carbonyl (C=O) groups is 3. The highest BCUT2D eigenvalue weighted by atomic mass is 16.6. The van der Waals surface area contributed by atoms with Gasteiger partial charge in [-0.25, -0.2) is 4.79 Å². The van der Waals surface area contributed by atoms with Gasteiger partial charge in [0.2, 0.25) is 5.91 Å². The molecule has 0 aromatic rings. The highest BCUT2D eigenvalue weighted by molar-refractivity contribution is 6.08. The van der Waals surface area contributed by atoms with E-state index in [0.29, 0.717) is 13.0 Å². The summed E-state index contributed by atoms with van der Waals surface area (Å²) in [6.07, 6.45) is 1.45. The molecule has 2 aliphatic rings. The van der Waals surface area contributed by atoms with Crippen LogP contribution in [0.1, 0.15) is 40.0 Å². The molecule has 106 valence electrons. The van der Waals surface area contributed by atoms with Crippen molar-refractivity contribution >= 4 is 17.8 Å². The summed E-state index contributed by atoms with van der Waals surface area (Å²) < 4.78 is 5.05. The lowest BCUT2D eigenvalue weighted by atomic mass is 10.2. The lowest BCUT2D eigenvalue weighted by molar-refractivity contribution is -0.133. The van der Waals surface area contributed by atoms with E-state index < -0.39 is 17.2 Å². The average Bonchev–Trinajstić information content (AvgIpc) is 2.72. The highest BCUT2D eigenvalue weighted by Gasteiger charge is 2.61. The fourth-order valence-electron chi connectivity index (χ4n) is 2.49. The Morgan fingerprint density at radius 1 is 1.42 bits per heavy atom. The molecule has 1 atom stereocenters. The molecule has 2 fully saturated rings. The Balaban J connectivity index is 1.82. The molecule has 0 radical (unpaired) electrons. The number of nitrogens with zero attached hydrogens (tertiary/aromatic N) is 1. The van der Waals surface area contributed by atoms with Gasteiger partial charge in [-0.1, -0.05) is 0 Å². The number of hydrogen-bond acceptors (Lipinski definition) is 4. The van der Waals surface area contributed by atoms with E-state index in [-0.39, 0.29) is 18.2 Å². The number of nitrogens with one attached hydrogen (secondary N) is 1. The van der Waals surface area contributed by atoms with E-state index in [1.807, 2.05) is 0 Å². The van der Waals surface area contributed by atoms with E-state index >= 15 is 0 Å². The number of hydrogen-bond donors (Lipinski definition) is 1. The maximum absolute atomic E-state index is 12.0. The molecule has 1 unspecified atom stereocenters. The third-order valence-electron chi connectivity index (χ3n) is 3.42. The van der Waals surface area contributed by atoms with Crippen molar-refractivity contribution in [2.24, 2.45) is 0 Å². The smallest absolute Gasteiger partial charge is 0.408 e. The van der Waals surface area contributed by atoms with Crippen LogP contribution in [0.4, 0.5) is 4.79 Å². The molecule has 0 bridgehead atoms. The van der Waals surface area contributed by atoms with Gasteiger partial charge in [-0.05, 0) is 33.6 Å². The van der Waals surface area contributed by atoms with E-state index in [2.05, 4.69) is 5.32 Å². The van der Waals surface area contributed by atoms with Crippen LogP contribution in [0.3, 0.4) is 0 Å². The number of rotatable bonds is 2. The Bertz CT molecular complexity index is 427. The van der Waals surface area contributed by atoms with Crippen LogP contribution in [0.5, 0.6) is 0 Å². The molecular weight excluding hydrogens is 248 g/mol. The van der Waals surface area contributed by atoms with Crippen molar-refractivity contribution in [1.29, 1.82) is 0 Å². The molecule has 1 heterocycles. The van der Waals surface area contributed by atoms with Crippen LogP contribution >= 0.6 is 0 Å². The normalized spacial score (nSPS) is 25.6. The van der Waals surface area contributed by atoms with Crippen molar-refractivity contribution in [3.8, 4) is 0 Å². The molecule has 1 N–H and O–H groups in total. The van der Waals surface area contributed by atoms with Crippen molar-refractivity contribution in [1.82, 2.24) is 10.2 Å². The quantitative estimate of drug-likeness (QED) is 0.805. The summed E-state index contributed by atoms with van der Waals surface area (Å²) in [6, 6.07) is 0. The third-order valence-corrected chi connectivity index (χ3v) is 3.42. The lowest BCUT2D eigenvalue weighted by Gasteiger charge is -2.24. The van der Waals surface area contributed by atoms with Crippen LogP contribution in [0.2, 0.25) is 0 Å². The number of Topliss-reactive ketones (excluding diaryl/α,β-unsaturated/α-hetero) is 1. The monoisotopic (exact) mass is 268 g/mol. The summed E-state index contributed by atoms with van der Waals surface area (Å²) in [5, 5.41) is 2.43. The Morgan fingerprint density at radius 2 is 2.05 bits per heavy atom. The number of amides is 2. The highest BCUT2D eigenvalue weighted by Crippen LogP contribution is 2.45. The van der Waals surface area contributed by atoms with E-state index in [1.165, 1.54) is 0 Å². The average molecular weight is 268 g/mol. The van der Waals surface area contributed by atoms with Crippen LogP contribution < -0.4 is 5.32 Å². The van der Waals surface area contributed by atoms with Gasteiger partial charge in [0.1, 0.15) is 17.7 Å². The summed E-state index contributed by atoms with van der Waals surface area (Å²) in [5.74, 6) is -0.0789. The number of alkyl carbamates (subject to hydrolysis) is 1. The largest absolute Gasteiger partial charge is 0.444 e. The van der Waals surface area contributed by atoms with Gasteiger partial charge >= 0.3 is 6.09 Å². The SMILES string of the molecule is CC(C)(C)OC(=O)NCC(=O)N1CCCC12CC2=O. The summed E-state index contributed by atoms with van der Waals surface area (Å²) >= 11 is 0. The zero-order valence-electron chi connectivity index (χ0n) is 11.6. The van der Waals surface area contributed by atoms with Gasteiger partial charge in [-0.3, -0.25) is 9.59 Å². The van der Waals surface area contributed by atoms with Crippen molar-refractivity contribution in [3.63, 3.8) is 0 Å². The zero-order chi connectivity index (χ0) is 14.3. The van der Waals surface area contributed by atoms with E-state index in [1.54, 1.807) is 25.7 Å². The second kappa shape index (κ2) is 4.51. The molecule has 19 heavy (non-hydrogen) atoms. The van der Waals surface area contributed by atoms with Crippen molar-refractivity contribution in [2.75, 3.05) is 13.1 Å². The van der Waals surface area contributed by atoms with E-state index in [4.69, 9.17) is 4.74 Å². The molecule has 1 spiro atoms. The van der Waals surface area contributed by atoms with Gasteiger partial charge in [0, 0.05) is 13.0 Å². The maximum Gasteiger partial charge on any atom is 0.408 e. The minimum atomic E-state index is -0.615. The molecule has 6 heteroatoms. The van der Waals surface area contributed by atoms with Gasteiger partial charge in [0.15, 0.2) is 5.78 Å². The van der Waals surface area contributed by atoms with Crippen molar-refractivity contribution in [2.45, 2.75) is 51.2 Å².